The van der Waals surface area contributed by atoms with Crippen molar-refractivity contribution >= 4 is 34.8 Å². The van der Waals surface area contributed by atoms with E-state index in [0.29, 0.717) is 5.39 Å². The van der Waals surface area contributed by atoms with Gasteiger partial charge in [-0.15, -0.1) is 0 Å². The highest BCUT2D eigenvalue weighted by Gasteiger charge is 2.53. The predicted octanol–water partition coefficient (Wildman–Crippen LogP) is 4.55. The second-order valence-corrected chi connectivity index (χ2v) is 12.0. The Labute approximate surface area is 287 Å². The fourth-order valence-electron chi connectivity index (χ4n) is 5.95. The van der Waals surface area contributed by atoms with Gasteiger partial charge in [-0.05, 0) is 43.4 Å². The molecule has 0 unspecified atom stereocenters. The number of hydrogen-bond acceptors (Lipinski definition) is 14. The van der Waals surface area contributed by atoms with Crippen LogP contribution in [0.4, 0.5) is 0 Å². The van der Waals surface area contributed by atoms with Gasteiger partial charge in [-0.1, -0.05) is 36.8 Å². The Morgan fingerprint density at radius 1 is 0.740 bits per heavy atom. The first-order valence-corrected chi connectivity index (χ1v) is 16.4. The molecule has 1 aliphatic carbocycles. The van der Waals surface area contributed by atoms with Crippen LogP contribution >= 0.6 is 0 Å². The van der Waals surface area contributed by atoms with Gasteiger partial charge in [-0.3, -0.25) is 19.2 Å². The third-order valence-corrected chi connectivity index (χ3v) is 8.06. The number of benzene rings is 2. The van der Waals surface area contributed by atoms with Gasteiger partial charge in [0, 0.05) is 33.8 Å². The molecule has 0 bridgehead atoms. The van der Waals surface area contributed by atoms with Crippen LogP contribution in [-0.2, 0) is 49.5 Å². The third-order valence-electron chi connectivity index (χ3n) is 8.06. The average molecular weight is 697 g/mol. The zero-order valence-electron chi connectivity index (χ0n) is 28.2. The maximum absolute atomic E-state index is 13.4. The number of esters is 4. The smallest absolute Gasteiger partial charge is 0.383 e. The summed E-state index contributed by atoms with van der Waals surface area (Å²) < 4.78 is 51.8. The third kappa shape index (κ3) is 9.31. The van der Waals surface area contributed by atoms with Crippen LogP contribution in [0.15, 0.2) is 57.7 Å². The molecule has 0 spiro atoms. The molecule has 1 aromatic heterocycles. The van der Waals surface area contributed by atoms with Crippen molar-refractivity contribution in [3.8, 4) is 17.2 Å². The van der Waals surface area contributed by atoms with Crippen molar-refractivity contribution in [2.75, 3.05) is 6.61 Å². The van der Waals surface area contributed by atoms with E-state index in [2.05, 4.69) is 0 Å². The number of rotatable bonds is 12. The topological polar surface area (TPSA) is 172 Å². The highest BCUT2D eigenvalue weighted by molar-refractivity contribution is 5.86. The second kappa shape index (κ2) is 16.5. The summed E-state index contributed by atoms with van der Waals surface area (Å²) in [5.74, 6) is -2.68. The minimum absolute atomic E-state index is 0.0198. The van der Waals surface area contributed by atoms with Crippen molar-refractivity contribution in [3.05, 3.63) is 64.5 Å². The van der Waals surface area contributed by atoms with Crippen LogP contribution in [0.2, 0.25) is 0 Å². The quantitative estimate of drug-likeness (QED) is 0.147. The first kappa shape index (κ1) is 36.2. The average Bonchev–Trinajstić information content (AvgIpc) is 3.06. The Morgan fingerprint density at radius 3 is 2.06 bits per heavy atom. The number of fused-ring (bicyclic) bond motifs is 1. The molecule has 0 radical (unpaired) electrons. The zero-order valence-corrected chi connectivity index (χ0v) is 28.2. The van der Waals surface area contributed by atoms with Crippen LogP contribution in [0, 0.1) is 0 Å². The van der Waals surface area contributed by atoms with E-state index in [4.69, 9.17) is 42.3 Å². The molecule has 5 rings (SSSR count). The molecule has 0 N–H and O–H groups in total. The van der Waals surface area contributed by atoms with Crippen molar-refractivity contribution in [1.29, 1.82) is 0 Å². The van der Waals surface area contributed by atoms with Gasteiger partial charge in [-0.2, -0.15) is 0 Å². The summed E-state index contributed by atoms with van der Waals surface area (Å²) in [5, 5.41) is 0.431. The Morgan fingerprint density at radius 2 is 1.40 bits per heavy atom. The minimum Gasteiger partial charge on any atom is -0.484 e. The first-order chi connectivity index (χ1) is 24.0. The number of carbonyl (C=O) groups excluding carboxylic acids is 4. The predicted molar refractivity (Wildman–Crippen MR) is 173 cm³/mol. The summed E-state index contributed by atoms with van der Waals surface area (Å²) in [5.41, 5.74) is 0.230. The molecule has 50 heavy (non-hydrogen) atoms. The molecule has 14 heteroatoms. The van der Waals surface area contributed by atoms with Gasteiger partial charge in [-0.25, -0.2) is 4.79 Å². The van der Waals surface area contributed by atoms with Gasteiger partial charge >= 0.3 is 29.5 Å². The lowest BCUT2D eigenvalue weighted by Crippen LogP contribution is -2.63. The highest BCUT2D eigenvalue weighted by atomic mass is 16.7. The van der Waals surface area contributed by atoms with E-state index in [1.54, 1.807) is 12.1 Å². The molecule has 2 fully saturated rings. The lowest BCUT2D eigenvalue weighted by atomic mass is 9.98. The largest absolute Gasteiger partial charge is 0.484 e. The molecular formula is C36H40O14. The van der Waals surface area contributed by atoms with Crippen LogP contribution in [0.5, 0.6) is 17.2 Å². The van der Waals surface area contributed by atoms with Crippen LogP contribution < -0.4 is 19.8 Å². The van der Waals surface area contributed by atoms with Crippen molar-refractivity contribution in [2.24, 2.45) is 0 Å². The van der Waals surface area contributed by atoms with E-state index in [1.807, 2.05) is 30.3 Å². The fourth-order valence-corrected chi connectivity index (χ4v) is 5.95. The van der Waals surface area contributed by atoms with Gasteiger partial charge in [0.2, 0.25) is 18.1 Å². The number of ether oxygens (including phenoxy) is 8. The Balaban J connectivity index is 1.51. The standard InChI is InChI=1S/C36H40O14/c1-20(37)42-19-29-31(44-21(2)38)32(45-22(3)39)34(46-23(4)40)36(50-29)48-26-15-16-27-28(17-26)49-35(41)33(47-25-13-9-6-10-14-25)30(27)43-18-24-11-7-5-8-12-24/h5,7-8,11-12,15-17,25,29,31-32,34,36H,6,9-10,13-14,18-19H2,1-4H3/t29-,31+,32+,34-,36-/m1/s1. The van der Waals surface area contributed by atoms with Gasteiger partial charge in [0.15, 0.2) is 18.0 Å². The molecule has 2 aliphatic rings. The van der Waals surface area contributed by atoms with Crippen LogP contribution in [-0.4, -0.2) is 67.3 Å². The van der Waals surface area contributed by atoms with Crippen LogP contribution in [0.3, 0.4) is 0 Å². The molecule has 2 heterocycles. The summed E-state index contributed by atoms with van der Waals surface area (Å²) in [6, 6.07) is 14.0. The monoisotopic (exact) mass is 696 g/mol. The molecule has 5 atom stereocenters. The zero-order chi connectivity index (χ0) is 35.8. The molecule has 14 nitrogen and oxygen atoms in total. The molecule has 3 aromatic rings. The maximum Gasteiger partial charge on any atom is 0.383 e. The first-order valence-electron chi connectivity index (χ1n) is 16.4. The molecular weight excluding hydrogens is 656 g/mol. The second-order valence-electron chi connectivity index (χ2n) is 12.0. The van der Waals surface area contributed by atoms with Crippen molar-refractivity contribution in [3.63, 3.8) is 0 Å². The fraction of sp³-hybridized carbons (Fsp3) is 0.472. The molecule has 1 aliphatic heterocycles. The summed E-state index contributed by atoms with van der Waals surface area (Å²) in [4.78, 5) is 61.6. The summed E-state index contributed by atoms with van der Waals surface area (Å²) in [7, 11) is 0. The van der Waals surface area contributed by atoms with Gasteiger partial charge in [0.1, 0.15) is 30.7 Å². The minimum atomic E-state index is -1.48. The van der Waals surface area contributed by atoms with Gasteiger partial charge in [0.05, 0.1) is 11.5 Å². The maximum atomic E-state index is 13.4. The Kier molecular flexibility index (Phi) is 12.0. The normalized spacial score (nSPS) is 22.2. The van der Waals surface area contributed by atoms with Crippen molar-refractivity contribution in [1.82, 2.24) is 0 Å². The summed E-state index contributed by atoms with van der Waals surface area (Å²) in [6.45, 7) is 4.29. The van der Waals surface area contributed by atoms with Crippen LogP contribution in [0.25, 0.3) is 11.0 Å². The van der Waals surface area contributed by atoms with Crippen molar-refractivity contribution < 1.29 is 61.5 Å². The van der Waals surface area contributed by atoms with E-state index in [-0.39, 0.29) is 35.5 Å². The number of hydrogen-bond donors (Lipinski definition) is 0. The molecule has 1 saturated carbocycles. The molecule has 0 amide bonds. The van der Waals surface area contributed by atoms with Gasteiger partial charge in [0.25, 0.3) is 0 Å². The van der Waals surface area contributed by atoms with Crippen LogP contribution in [0.1, 0.15) is 65.4 Å². The summed E-state index contributed by atoms with van der Waals surface area (Å²) in [6.07, 6.45) is -2.38. The van der Waals surface area contributed by atoms with E-state index < -0.39 is 66.8 Å². The summed E-state index contributed by atoms with van der Waals surface area (Å²) >= 11 is 0. The van der Waals surface area contributed by atoms with E-state index in [9.17, 15) is 24.0 Å². The van der Waals surface area contributed by atoms with E-state index >= 15 is 0 Å². The Bertz CT molecular complexity index is 1730. The lowest BCUT2D eigenvalue weighted by Gasteiger charge is -2.43. The van der Waals surface area contributed by atoms with Gasteiger partial charge < -0.3 is 42.3 Å². The van der Waals surface area contributed by atoms with E-state index in [1.165, 1.54) is 13.0 Å². The molecule has 1 saturated heterocycles. The Hall–Kier alpha value is -5.11. The van der Waals surface area contributed by atoms with E-state index in [0.717, 1.165) is 58.4 Å². The SMILES string of the molecule is CC(=O)OC[C@H]1O[C@@H](Oc2ccc3c(OCc4ccccc4)c(OC4CCCCC4)c(=O)oc3c2)[C@H](OC(C)=O)[C@@H](OC(C)=O)[C@H]1OC(C)=O. The highest BCUT2D eigenvalue weighted by Crippen LogP contribution is 2.38. The molecule has 2 aromatic carbocycles. The lowest BCUT2D eigenvalue weighted by molar-refractivity contribution is -0.288. The molecule has 268 valence electrons. The van der Waals surface area contributed by atoms with Crippen molar-refractivity contribution in [2.45, 2.75) is 103 Å². The number of carbonyl (C=O) groups is 4.